The fraction of sp³-hybridized carbons (Fsp3) is 0.462. The van der Waals surface area contributed by atoms with Crippen molar-refractivity contribution in [1.82, 2.24) is 5.32 Å². The van der Waals surface area contributed by atoms with Crippen LogP contribution in [0, 0.1) is 0 Å². The third-order valence-electron chi connectivity index (χ3n) is 3.17. The number of carbonyl (C=O) groups excluding carboxylic acids is 1. The number of hydrogen-bond acceptors (Lipinski definition) is 2. The van der Waals surface area contributed by atoms with Crippen LogP contribution >= 0.6 is 0 Å². The second-order valence-electron chi connectivity index (χ2n) is 4.39. The van der Waals surface area contributed by atoms with Crippen molar-refractivity contribution in [3.05, 3.63) is 35.9 Å². The summed E-state index contributed by atoms with van der Waals surface area (Å²) in [5.74, 6) is -0.0112. The molecule has 1 aromatic carbocycles. The number of benzene rings is 1. The third-order valence-corrected chi connectivity index (χ3v) is 3.17. The molecule has 0 spiro atoms. The highest BCUT2D eigenvalue weighted by atomic mass is 16.1. The first-order valence-electron chi connectivity index (χ1n) is 5.89. The SMILES string of the molecule is N[C@@H]1CCCCC1NC(=O)c1ccccc1. The predicted molar refractivity (Wildman–Crippen MR) is 64.1 cm³/mol. The highest BCUT2D eigenvalue weighted by Gasteiger charge is 2.23. The van der Waals surface area contributed by atoms with Crippen molar-refractivity contribution >= 4 is 5.91 Å². The summed E-state index contributed by atoms with van der Waals surface area (Å²) in [4.78, 5) is 11.9. The van der Waals surface area contributed by atoms with Gasteiger partial charge in [-0.2, -0.15) is 0 Å². The molecule has 3 N–H and O–H groups in total. The summed E-state index contributed by atoms with van der Waals surface area (Å²) in [6.45, 7) is 0. The van der Waals surface area contributed by atoms with E-state index in [1.54, 1.807) is 0 Å². The van der Waals surface area contributed by atoms with Crippen LogP contribution in [0.25, 0.3) is 0 Å². The lowest BCUT2D eigenvalue weighted by Crippen LogP contribution is -2.49. The molecule has 3 heteroatoms. The lowest BCUT2D eigenvalue weighted by atomic mass is 9.91. The van der Waals surface area contributed by atoms with E-state index in [9.17, 15) is 4.79 Å². The van der Waals surface area contributed by atoms with Crippen molar-refractivity contribution in [2.45, 2.75) is 37.8 Å². The van der Waals surface area contributed by atoms with Gasteiger partial charge in [0, 0.05) is 17.6 Å². The number of carbonyl (C=O) groups is 1. The summed E-state index contributed by atoms with van der Waals surface area (Å²) in [5, 5.41) is 3.02. The maximum Gasteiger partial charge on any atom is 0.251 e. The van der Waals surface area contributed by atoms with Crippen molar-refractivity contribution in [2.75, 3.05) is 0 Å². The van der Waals surface area contributed by atoms with Gasteiger partial charge in [-0.1, -0.05) is 31.0 Å². The number of nitrogens with one attached hydrogen (secondary N) is 1. The van der Waals surface area contributed by atoms with Gasteiger partial charge in [-0.25, -0.2) is 0 Å². The van der Waals surface area contributed by atoms with E-state index in [0.29, 0.717) is 5.56 Å². The van der Waals surface area contributed by atoms with Crippen molar-refractivity contribution in [3.63, 3.8) is 0 Å². The standard InChI is InChI=1S/C13H18N2O/c14-11-8-4-5-9-12(11)15-13(16)10-6-2-1-3-7-10/h1-3,6-7,11-12H,4-5,8-9,14H2,(H,15,16)/t11-,12?/m1/s1. The van der Waals surface area contributed by atoms with Gasteiger partial charge in [-0.3, -0.25) is 4.79 Å². The fourth-order valence-corrected chi connectivity index (χ4v) is 2.18. The molecule has 0 bridgehead atoms. The van der Waals surface area contributed by atoms with Crippen molar-refractivity contribution in [1.29, 1.82) is 0 Å². The van der Waals surface area contributed by atoms with E-state index in [4.69, 9.17) is 5.73 Å². The highest BCUT2D eigenvalue weighted by molar-refractivity contribution is 5.94. The Morgan fingerprint density at radius 3 is 2.56 bits per heavy atom. The molecular weight excluding hydrogens is 200 g/mol. The molecule has 0 aliphatic heterocycles. The Labute approximate surface area is 96.0 Å². The number of amides is 1. The average molecular weight is 218 g/mol. The molecule has 3 nitrogen and oxygen atoms in total. The van der Waals surface area contributed by atoms with Gasteiger partial charge in [-0.15, -0.1) is 0 Å². The molecule has 1 aliphatic rings. The highest BCUT2D eigenvalue weighted by Crippen LogP contribution is 2.17. The van der Waals surface area contributed by atoms with E-state index in [1.165, 1.54) is 6.42 Å². The molecule has 16 heavy (non-hydrogen) atoms. The van der Waals surface area contributed by atoms with Crippen LogP contribution in [0.1, 0.15) is 36.0 Å². The lowest BCUT2D eigenvalue weighted by molar-refractivity contribution is 0.0921. The topological polar surface area (TPSA) is 55.1 Å². The van der Waals surface area contributed by atoms with E-state index < -0.39 is 0 Å². The normalized spacial score (nSPS) is 25.1. The molecule has 0 saturated heterocycles. The quantitative estimate of drug-likeness (QED) is 0.793. The van der Waals surface area contributed by atoms with Gasteiger partial charge in [-0.05, 0) is 25.0 Å². The molecule has 0 heterocycles. The molecular formula is C13H18N2O. The van der Waals surface area contributed by atoms with E-state index in [1.807, 2.05) is 30.3 Å². The van der Waals surface area contributed by atoms with Gasteiger partial charge >= 0.3 is 0 Å². The van der Waals surface area contributed by atoms with Crippen molar-refractivity contribution in [3.8, 4) is 0 Å². The van der Waals surface area contributed by atoms with Crippen LogP contribution < -0.4 is 11.1 Å². The second kappa shape index (κ2) is 5.12. The molecule has 1 fully saturated rings. The van der Waals surface area contributed by atoms with Gasteiger partial charge in [0.1, 0.15) is 0 Å². The summed E-state index contributed by atoms with van der Waals surface area (Å²) >= 11 is 0. The van der Waals surface area contributed by atoms with Gasteiger partial charge in [0.05, 0.1) is 0 Å². The monoisotopic (exact) mass is 218 g/mol. The van der Waals surface area contributed by atoms with E-state index in [0.717, 1.165) is 19.3 Å². The van der Waals surface area contributed by atoms with E-state index >= 15 is 0 Å². The molecule has 2 rings (SSSR count). The van der Waals surface area contributed by atoms with Crippen LogP contribution in [0.15, 0.2) is 30.3 Å². The van der Waals surface area contributed by atoms with Crippen LogP contribution in [0.2, 0.25) is 0 Å². The van der Waals surface area contributed by atoms with E-state index in [2.05, 4.69) is 5.32 Å². The van der Waals surface area contributed by atoms with E-state index in [-0.39, 0.29) is 18.0 Å². The first kappa shape index (κ1) is 11.1. The Kier molecular flexibility index (Phi) is 3.57. The zero-order valence-corrected chi connectivity index (χ0v) is 9.36. The molecule has 1 amide bonds. The zero-order valence-electron chi connectivity index (χ0n) is 9.36. The number of rotatable bonds is 2. The van der Waals surface area contributed by atoms with Crippen LogP contribution in [-0.4, -0.2) is 18.0 Å². The minimum atomic E-state index is -0.0112. The summed E-state index contributed by atoms with van der Waals surface area (Å²) in [7, 11) is 0. The molecule has 1 aliphatic carbocycles. The molecule has 1 unspecified atom stereocenters. The summed E-state index contributed by atoms with van der Waals surface area (Å²) < 4.78 is 0. The van der Waals surface area contributed by atoms with Crippen LogP contribution in [0.5, 0.6) is 0 Å². The average Bonchev–Trinajstić information content (AvgIpc) is 2.33. The Morgan fingerprint density at radius 1 is 1.19 bits per heavy atom. The summed E-state index contributed by atoms with van der Waals surface area (Å²) in [6.07, 6.45) is 4.35. The maximum atomic E-state index is 11.9. The smallest absolute Gasteiger partial charge is 0.251 e. The molecule has 0 aromatic heterocycles. The van der Waals surface area contributed by atoms with Crippen molar-refractivity contribution in [2.24, 2.45) is 5.73 Å². The predicted octanol–water partition coefficient (Wildman–Crippen LogP) is 1.69. The minimum Gasteiger partial charge on any atom is -0.348 e. The summed E-state index contributed by atoms with van der Waals surface area (Å²) in [6, 6.07) is 9.55. The Morgan fingerprint density at radius 2 is 1.88 bits per heavy atom. The first-order chi connectivity index (χ1) is 7.77. The zero-order chi connectivity index (χ0) is 11.4. The van der Waals surface area contributed by atoms with Gasteiger partial charge in [0.2, 0.25) is 0 Å². The van der Waals surface area contributed by atoms with Crippen LogP contribution in [-0.2, 0) is 0 Å². The molecule has 86 valence electrons. The molecule has 1 saturated carbocycles. The second-order valence-corrected chi connectivity index (χ2v) is 4.39. The summed E-state index contributed by atoms with van der Waals surface area (Å²) in [5.41, 5.74) is 6.70. The Bertz CT molecular complexity index is 350. The first-order valence-corrected chi connectivity index (χ1v) is 5.89. The molecule has 0 radical (unpaired) electrons. The largest absolute Gasteiger partial charge is 0.348 e. The Balaban J connectivity index is 1.96. The van der Waals surface area contributed by atoms with Crippen LogP contribution in [0.3, 0.4) is 0 Å². The van der Waals surface area contributed by atoms with Crippen molar-refractivity contribution < 1.29 is 4.79 Å². The number of nitrogens with two attached hydrogens (primary N) is 1. The maximum absolute atomic E-state index is 11.9. The minimum absolute atomic E-state index is 0.0112. The van der Waals surface area contributed by atoms with Gasteiger partial charge in [0.25, 0.3) is 5.91 Å². The molecule has 1 aromatic rings. The van der Waals surface area contributed by atoms with Crippen LogP contribution in [0.4, 0.5) is 0 Å². The lowest BCUT2D eigenvalue weighted by Gasteiger charge is -2.29. The fourth-order valence-electron chi connectivity index (χ4n) is 2.18. The Hall–Kier alpha value is -1.35. The number of hydrogen-bond donors (Lipinski definition) is 2. The van der Waals surface area contributed by atoms with Gasteiger partial charge < -0.3 is 11.1 Å². The van der Waals surface area contributed by atoms with Gasteiger partial charge in [0.15, 0.2) is 0 Å². The third kappa shape index (κ3) is 2.61. The molecule has 2 atom stereocenters.